The van der Waals surface area contributed by atoms with Crippen molar-refractivity contribution >= 4 is 11.7 Å². The summed E-state index contributed by atoms with van der Waals surface area (Å²) in [5, 5.41) is 16.7. The molecule has 1 N–H and O–H groups in total. The molecule has 0 saturated carbocycles. The highest BCUT2D eigenvalue weighted by molar-refractivity contribution is 5.95. The first kappa shape index (κ1) is 10.9. The fraction of sp³-hybridized carbons (Fsp3) is 0.100. The Kier molecular flexibility index (Phi) is 3.56. The fourth-order valence-corrected chi connectivity index (χ4v) is 1.01. The maximum absolute atomic E-state index is 10.9. The molecule has 1 aromatic heterocycles. The second kappa shape index (κ2) is 4.90. The van der Waals surface area contributed by atoms with Gasteiger partial charge in [0.15, 0.2) is 0 Å². The van der Waals surface area contributed by atoms with E-state index in [-0.39, 0.29) is 5.57 Å². The normalized spacial score (nSPS) is 12.6. The average molecular weight is 205 g/mol. The van der Waals surface area contributed by atoms with E-state index in [2.05, 4.69) is 16.8 Å². The van der Waals surface area contributed by atoms with Gasteiger partial charge in [-0.3, -0.25) is 0 Å². The van der Waals surface area contributed by atoms with Crippen molar-refractivity contribution in [3.8, 4) is 0 Å². The van der Waals surface area contributed by atoms with Gasteiger partial charge in [-0.25, -0.2) is 4.79 Å². The average Bonchev–Trinajstić information content (AvgIpc) is 2.70. The quantitative estimate of drug-likeness (QED) is 0.594. The van der Waals surface area contributed by atoms with Crippen LogP contribution in [0.2, 0.25) is 0 Å². The molecule has 0 aliphatic rings. The molecule has 0 aromatic carbocycles. The van der Waals surface area contributed by atoms with E-state index in [0.29, 0.717) is 5.70 Å². The second-order valence-corrected chi connectivity index (χ2v) is 2.72. The molecule has 0 spiro atoms. The third-order valence-electron chi connectivity index (χ3n) is 1.74. The molecule has 0 unspecified atom stereocenters. The van der Waals surface area contributed by atoms with E-state index in [9.17, 15) is 4.79 Å². The van der Waals surface area contributed by atoms with Gasteiger partial charge in [-0.1, -0.05) is 18.7 Å². The second-order valence-electron chi connectivity index (χ2n) is 2.72. The highest BCUT2D eigenvalue weighted by atomic mass is 16.4. The Morgan fingerprint density at radius 2 is 2.07 bits per heavy atom. The van der Waals surface area contributed by atoms with E-state index in [4.69, 9.17) is 5.11 Å². The summed E-state index contributed by atoms with van der Waals surface area (Å²) in [5.41, 5.74) is 0.580. The van der Waals surface area contributed by atoms with Gasteiger partial charge in [-0.2, -0.15) is 15.0 Å². The molecule has 0 saturated heterocycles. The van der Waals surface area contributed by atoms with Crippen LogP contribution in [0.3, 0.4) is 0 Å². The minimum absolute atomic E-state index is 0.131. The molecule has 0 radical (unpaired) electrons. The number of aliphatic carboxylic acids is 1. The molecule has 0 aliphatic carbocycles. The Bertz CT molecular complexity index is 416. The summed E-state index contributed by atoms with van der Waals surface area (Å²) >= 11 is 0. The molecular formula is C10H11N3O2. The first-order chi connectivity index (χ1) is 7.16. The van der Waals surface area contributed by atoms with E-state index in [1.807, 2.05) is 0 Å². The van der Waals surface area contributed by atoms with Crippen LogP contribution < -0.4 is 0 Å². The largest absolute Gasteiger partial charge is 0.478 e. The third kappa shape index (κ3) is 2.63. The Balaban J connectivity index is 3.16. The molecular weight excluding hydrogens is 194 g/mol. The summed E-state index contributed by atoms with van der Waals surface area (Å²) in [5.74, 6) is -1.03. The number of allylic oxidation sites excluding steroid dienone is 3. The van der Waals surface area contributed by atoms with Crippen LogP contribution in [0.25, 0.3) is 5.70 Å². The lowest BCUT2D eigenvalue weighted by atomic mass is 10.2. The van der Waals surface area contributed by atoms with Gasteiger partial charge in [0, 0.05) is 0 Å². The summed E-state index contributed by atoms with van der Waals surface area (Å²) < 4.78 is 0. The smallest absolute Gasteiger partial charge is 0.337 e. The van der Waals surface area contributed by atoms with Gasteiger partial charge in [0.05, 0.1) is 23.7 Å². The van der Waals surface area contributed by atoms with Gasteiger partial charge < -0.3 is 5.11 Å². The lowest BCUT2D eigenvalue weighted by molar-refractivity contribution is -0.132. The van der Waals surface area contributed by atoms with E-state index >= 15 is 0 Å². The summed E-state index contributed by atoms with van der Waals surface area (Å²) in [7, 11) is 0. The molecule has 5 heteroatoms. The molecule has 78 valence electrons. The highest BCUT2D eigenvalue weighted by Gasteiger charge is 2.10. The van der Waals surface area contributed by atoms with Crippen LogP contribution >= 0.6 is 0 Å². The van der Waals surface area contributed by atoms with Crippen molar-refractivity contribution < 1.29 is 9.90 Å². The SMILES string of the molecule is C=C/C=C\C(C(=O)O)=C(/C)n1nccn1. The van der Waals surface area contributed by atoms with Crippen LogP contribution in [0, 0.1) is 0 Å². The summed E-state index contributed by atoms with van der Waals surface area (Å²) in [4.78, 5) is 12.2. The number of carboxylic acids is 1. The van der Waals surface area contributed by atoms with Gasteiger partial charge >= 0.3 is 5.97 Å². The van der Waals surface area contributed by atoms with Crippen LogP contribution in [-0.2, 0) is 4.79 Å². The first-order valence-corrected chi connectivity index (χ1v) is 4.26. The predicted molar refractivity (Wildman–Crippen MR) is 55.9 cm³/mol. The Morgan fingerprint density at radius 3 is 2.53 bits per heavy atom. The van der Waals surface area contributed by atoms with Crippen LogP contribution in [0.15, 0.2) is 42.8 Å². The van der Waals surface area contributed by atoms with E-state index in [1.54, 1.807) is 13.0 Å². The fourth-order valence-electron chi connectivity index (χ4n) is 1.01. The standard InChI is InChI=1S/C10H11N3O2/c1-3-4-5-9(10(14)15)8(2)13-11-6-7-12-13/h3-7H,1H2,2H3,(H,14,15)/b5-4-,9-8-. The summed E-state index contributed by atoms with van der Waals surface area (Å²) in [6.45, 7) is 5.11. The molecule has 0 fully saturated rings. The number of nitrogens with zero attached hydrogens (tertiary/aromatic N) is 3. The van der Waals surface area contributed by atoms with Crippen molar-refractivity contribution in [1.82, 2.24) is 15.0 Å². The number of carbonyl (C=O) groups is 1. The summed E-state index contributed by atoms with van der Waals surface area (Å²) in [6, 6.07) is 0. The van der Waals surface area contributed by atoms with Crippen LogP contribution in [0.4, 0.5) is 0 Å². The molecule has 0 amide bonds. The van der Waals surface area contributed by atoms with Crippen LogP contribution in [0.1, 0.15) is 6.92 Å². The van der Waals surface area contributed by atoms with Gasteiger partial charge in [-0.05, 0) is 13.0 Å². The van der Waals surface area contributed by atoms with Gasteiger partial charge in [0.1, 0.15) is 0 Å². The molecule has 0 aliphatic heterocycles. The molecule has 5 nitrogen and oxygen atoms in total. The maximum atomic E-state index is 10.9. The third-order valence-corrected chi connectivity index (χ3v) is 1.74. The highest BCUT2D eigenvalue weighted by Crippen LogP contribution is 2.09. The number of rotatable bonds is 4. The first-order valence-electron chi connectivity index (χ1n) is 4.26. The monoisotopic (exact) mass is 205 g/mol. The number of aromatic nitrogens is 3. The predicted octanol–water partition coefficient (Wildman–Crippen LogP) is 1.34. The molecule has 1 rings (SSSR count). The zero-order valence-corrected chi connectivity index (χ0v) is 8.29. The molecule has 1 aromatic rings. The zero-order chi connectivity index (χ0) is 11.3. The Hall–Kier alpha value is -2.17. The number of carboxylic acid groups (broad SMARTS) is 1. The topological polar surface area (TPSA) is 68.0 Å². The number of hydrogen-bond acceptors (Lipinski definition) is 3. The van der Waals surface area contributed by atoms with Crippen molar-refractivity contribution in [1.29, 1.82) is 0 Å². The van der Waals surface area contributed by atoms with Crippen molar-refractivity contribution in [3.63, 3.8) is 0 Å². The molecule has 0 bridgehead atoms. The zero-order valence-electron chi connectivity index (χ0n) is 8.29. The van der Waals surface area contributed by atoms with Crippen LogP contribution in [-0.4, -0.2) is 26.1 Å². The van der Waals surface area contributed by atoms with E-state index in [0.717, 1.165) is 0 Å². The van der Waals surface area contributed by atoms with Gasteiger partial charge in [0.2, 0.25) is 0 Å². The van der Waals surface area contributed by atoms with Crippen molar-refractivity contribution in [2.75, 3.05) is 0 Å². The molecule has 1 heterocycles. The van der Waals surface area contributed by atoms with Gasteiger partial charge in [0.25, 0.3) is 0 Å². The van der Waals surface area contributed by atoms with E-state index in [1.165, 1.54) is 29.3 Å². The molecule has 15 heavy (non-hydrogen) atoms. The Labute approximate surface area is 87.0 Å². The van der Waals surface area contributed by atoms with Crippen LogP contribution in [0.5, 0.6) is 0 Å². The minimum Gasteiger partial charge on any atom is -0.478 e. The van der Waals surface area contributed by atoms with E-state index < -0.39 is 5.97 Å². The van der Waals surface area contributed by atoms with Gasteiger partial charge in [-0.15, -0.1) is 0 Å². The van der Waals surface area contributed by atoms with Crippen molar-refractivity contribution in [2.24, 2.45) is 0 Å². The van der Waals surface area contributed by atoms with Crippen molar-refractivity contribution in [2.45, 2.75) is 6.92 Å². The minimum atomic E-state index is -1.03. The summed E-state index contributed by atoms with van der Waals surface area (Å²) in [6.07, 6.45) is 7.48. The Morgan fingerprint density at radius 1 is 1.47 bits per heavy atom. The number of hydrogen-bond donors (Lipinski definition) is 1. The lowest BCUT2D eigenvalue weighted by Gasteiger charge is -2.02. The molecule has 0 atom stereocenters. The maximum Gasteiger partial charge on any atom is 0.337 e. The lowest BCUT2D eigenvalue weighted by Crippen LogP contribution is -2.07. The van der Waals surface area contributed by atoms with Crippen molar-refractivity contribution in [3.05, 3.63) is 42.8 Å².